The van der Waals surface area contributed by atoms with Crippen molar-refractivity contribution in [3.8, 4) is 5.88 Å². The molecule has 2 heterocycles. The number of aromatic amines is 1. The van der Waals surface area contributed by atoms with Crippen LogP contribution in [0.2, 0.25) is 0 Å². The molecule has 7 nitrogen and oxygen atoms in total. The summed E-state index contributed by atoms with van der Waals surface area (Å²) in [6.07, 6.45) is 4.92. The van der Waals surface area contributed by atoms with E-state index in [1.807, 2.05) is 42.5 Å². The number of non-ortho nitro benzene ring substituents is 1. The molecule has 0 saturated carbocycles. The number of H-pyrrole nitrogens is 1. The Morgan fingerprint density at radius 1 is 1.00 bits per heavy atom. The van der Waals surface area contributed by atoms with Gasteiger partial charge in [-0.15, -0.1) is 0 Å². The molecule has 0 unspecified atom stereocenters. The van der Waals surface area contributed by atoms with Crippen molar-refractivity contribution in [2.24, 2.45) is 4.99 Å². The van der Waals surface area contributed by atoms with Crippen LogP contribution in [0.1, 0.15) is 36.0 Å². The standard InChI is InChI=1S/C28H28N4O3/c33-28-26(24-19-23(32(34)35)13-14-25(24)30-28)27(21-7-3-1-4-8-21)29-22-11-9-20(10-12-22)15-18-31-16-5-2-6-17-31/h1,3-4,7-14,19,30,33H,2,5-6,15-18H2. The monoisotopic (exact) mass is 468 g/mol. The smallest absolute Gasteiger partial charge is 0.270 e. The summed E-state index contributed by atoms with van der Waals surface area (Å²) in [4.78, 5) is 21.3. The van der Waals surface area contributed by atoms with Crippen molar-refractivity contribution < 1.29 is 10.0 Å². The number of benzene rings is 3. The van der Waals surface area contributed by atoms with Crippen LogP contribution in [-0.2, 0) is 6.42 Å². The molecule has 1 aromatic heterocycles. The lowest BCUT2D eigenvalue weighted by Crippen LogP contribution is -2.31. The maximum Gasteiger partial charge on any atom is 0.270 e. The number of likely N-dealkylation sites (tertiary alicyclic amines) is 1. The van der Waals surface area contributed by atoms with Crippen LogP contribution in [0.15, 0.2) is 77.8 Å². The first-order valence-corrected chi connectivity index (χ1v) is 12.0. The van der Waals surface area contributed by atoms with Gasteiger partial charge in [0.1, 0.15) is 0 Å². The van der Waals surface area contributed by atoms with Gasteiger partial charge in [0.05, 0.1) is 21.9 Å². The van der Waals surface area contributed by atoms with Gasteiger partial charge in [-0.25, -0.2) is 4.99 Å². The maximum absolute atomic E-state index is 11.4. The number of hydrogen-bond acceptors (Lipinski definition) is 5. The van der Waals surface area contributed by atoms with Crippen LogP contribution in [0.25, 0.3) is 10.9 Å². The summed E-state index contributed by atoms with van der Waals surface area (Å²) in [5, 5.41) is 22.7. The summed E-state index contributed by atoms with van der Waals surface area (Å²) >= 11 is 0. The third-order valence-electron chi connectivity index (χ3n) is 6.60. The Morgan fingerprint density at radius 2 is 1.74 bits per heavy atom. The fourth-order valence-corrected chi connectivity index (χ4v) is 4.72. The maximum atomic E-state index is 11.4. The van der Waals surface area contributed by atoms with Crippen molar-refractivity contribution in [2.45, 2.75) is 25.7 Å². The van der Waals surface area contributed by atoms with Crippen LogP contribution < -0.4 is 0 Å². The van der Waals surface area contributed by atoms with Crippen LogP contribution >= 0.6 is 0 Å². The molecule has 0 radical (unpaired) electrons. The Balaban J connectivity index is 1.50. The molecule has 1 aliphatic rings. The largest absolute Gasteiger partial charge is 0.494 e. The molecular formula is C28H28N4O3. The molecule has 178 valence electrons. The molecule has 2 N–H and O–H groups in total. The second-order valence-corrected chi connectivity index (χ2v) is 8.98. The molecule has 3 aromatic carbocycles. The average Bonchev–Trinajstić information content (AvgIpc) is 3.22. The van der Waals surface area contributed by atoms with E-state index in [2.05, 4.69) is 22.0 Å². The van der Waals surface area contributed by atoms with Gasteiger partial charge < -0.3 is 15.0 Å². The molecule has 0 amide bonds. The molecule has 0 atom stereocenters. The number of nitrogens with zero attached hydrogens (tertiary/aromatic N) is 3. The van der Waals surface area contributed by atoms with Gasteiger partial charge in [0.2, 0.25) is 0 Å². The molecule has 5 rings (SSSR count). The summed E-state index contributed by atoms with van der Waals surface area (Å²) in [6.45, 7) is 3.45. The minimum absolute atomic E-state index is 0.0387. The van der Waals surface area contributed by atoms with E-state index in [1.54, 1.807) is 6.07 Å². The number of piperidine rings is 1. The molecule has 0 bridgehead atoms. The van der Waals surface area contributed by atoms with Gasteiger partial charge in [-0.2, -0.15) is 0 Å². The van der Waals surface area contributed by atoms with Crippen LogP contribution in [0.5, 0.6) is 5.88 Å². The molecule has 1 aliphatic heterocycles. The summed E-state index contributed by atoms with van der Waals surface area (Å²) in [5.41, 5.74) is 4.40. The SMILES string of the molecule is O=[N+]([O-])c1ccc2[nH]c(O)c(C(=Nc3ccc(CCN4CCCCC4)cc3)c3ccccc3)c2c1. The van der Waals surface area contributed by atoms with Crippen LogP contribution in [0, 0.1) is 10.1 Å². The van der Waals surface area contributed by atoms with E-state index in [1.165, 1.54) is 50.0 Å². The normalized spacial score (nSPS) is 14.9. The van der Waals surface area contributed by atoms with E-state index < -0.39 is 4.92 Å². The lowest BCUT2D eigenvalue weighted by molar-refractivity contribution is -0.384. The Bertz CT molecular complexity index is 1350. The van der Waals surface area contributed by atoms with E-state index in [-0.39, 0.29) is 11.6 Å². The zero-order valence-electron chi connectivity index (χ0n) is 19.5. The topological polar surface area (TPSA) is 94.8 Å². The van der Waals surface area contributed by atoms with Crippen molar-refractivity contribution in [3.05, 3.63) is 99.6 Å². The van der Waals surface area contributed by atoms with Crippen LogP contribution in [0.3, 0.4) is 0 Å². The third kappa shape index (κ3) is 5.10. The summed E-state index contributed by atoms with van der Waals surface area (Å²) in [6, 6.07) is 22.2. The van der Waals surface area contributed by atoms with Crippen molar-refractivity contribution in [3.63, 3.8) is 0 Å². The minimum Gasteiger partial charge on any atom is -0.494 e. The average molecular weight is 469 g/mol. The number of nitro benzene ring substituents is 1. The van der Waals surface area contributed by atoms with Gasteiger partial charge in [0, 0.05) is 35.1 Å². The molecule has 35 heavy (non-hydrogen) atoms. The number of nitro groups is 1. The molecule has 1 saturated heterocycles. The first-order valence-electron chi connectivity index (χ1n) is 12.0. The highest BCUT2D eigenvalue weighted by atomic mass is 16.6. The first kappa shape index (κ1) is 22.8. The minimum atomic E-state index is -0.435. The van der Waals surface area contributed by atoms with Crippen molar-refractivity contribution >= 4 is 28.0 Å². The lowest BCUT2D eigenvalue weighted by atomic mass is 10.0. The van der Waals surface area contributed by atoms with Crippen molar-refractivity contribution in [1.82, 2.24) is 9.88 Å². The number of aromatic nitrogens is 1. The van der Waals surface area contributed by atoms with E-state index in [0.29, 0.717) is 22.2 Å². The molecular weight excluding hydrogens is 440 g/mol. The van der Waals surface area contributed by atoms with Crippen molar-refractivity contribution in [2.75, 3.05) is 19.6 Å². The molecule has 0 aliphatic carbocycles. The summed E-state index contributed by atoms with van der Waals surface area (Å²) in [7, 11) is 0. The molecule has 7 heteroatoms. The molecule has 1 fully saturated rings. The number of aromatic hydroxyl groups is 1. The Labute approximate surface area is 203 Å². The number of nitrogens with one attached hydrogen (secondary N) is 1. The second kappa shape index (κ2) is 10.1. The zero-order chi connectivity index (χ0) is 24.2. The third-order valence-corrected chi connectivity index (χ3v) is 6.60. The van der Waals surface area contributed by atoms with Crippen LogP contribution in [0.4, 0.5) is 11.4 Å². The van der Waals surface area contributed by atoms with E-state index in [0.717, 1.165) is 24.2 Å². The highest BCUT2D eigenvalue weighted by molar-refractivity contribution is 6.22. The fourth-order valence-electron chi connectivity index (χ4n) is 4.72. The predicted octanol–water partition coefficient (Wildman–Crippen LogP) is 5.98. The highest BCUT2D eigenvalue weighted by Gasteiger charge is 2.21. The summed E-state index contributed by atoms with van der Waals surface area (Å²) in [5.74, 6) is -0.0683. The van der Waals surface area contributed by atoms with E-state index in [4.69, 9.17) is 4.99 Å². The Hall–Kier alpha value is -3.97. The lowest BCUT2D eigenvalue weighted by Gasteiger charge is -2.26. The molecule has 0 spiro atoms. The van der Waals surface area contributed by atoms with Gasteiger partial charge >= 0.3 is 0 Å². The number of rotatable bonds is 7. The predicted molar refractivity (Wildman–Crippen MR) is 139 cm³/mol. The Kier molecular flexibility index (Phi) is 6.59. The Morgan fingerprint density at radius 3 is 2.46 bits per heavy atom. The highest BCUT2D eigenvalue weighted by Crippen LogP contribution is 2.33. The van der Waals surface area contributed by atoms with Gasteiger partial charge in [-0.1, -0.05) is 48.9 Å². The van der Waals surface area contributed by atoms with Gasteiger partial charge in [0.25, 0.3) is 5.69 Å². The van der Waals surface area contributed by atoms with E-state index >= 15 is 0 Å². The van der Waals surface area contributed by atoms with Gasteiger partial charge in [-0.05, 0) is 56.1 Å². The fraction of sp³-hybridized carbons (Fsp3) is 0.250. The summed E-state index contributed by atoms with van der Waals surface area (Å²) < 4.78 is 0. The number of fused-ring (bicyclic) bond motifs is 1. The van der Waals surface area contributed by atoms with Gasteiger partial charge in [0.15, 0.2) is 5.88 Å². The van der Waals surface area contributed by atoms with Crippen molar-refractivity contribution in [1.29, 1.82) is 0 Å². The van der Waals surface area contributed by atoms with E-state index in [9.17, 15) is 15.2 Å². The first-order chi connectivity index (χ1) is 17.1. The zero-order valence-corrected chi connectivity index (χ0v) is 19.5. The number of hydrogen-bond donors (Lipinski definition) is 2. The van der Waals surface area contributed by atoms with Gasteiger partial charge in [-0.3, -0.25) is 10.1 Å². The second-order valence-electron chi connectivity index (χ2n) is 8.98. The van der Waals surface area contributed by atoms with Crippen LogP contribution in [-0.4, -0.2) is 45.3 Å². The quantitative estimate of drug-likeness (QED) is 0.198. The molecule has 4 aromatic rings. The number of aliphatic imine (C=N–C) groups is 1.